The highest BCUT2D eigenvalue weighted by Crippen LogP contribution is 2.47. The molecule has 1 aliphatic carbocycles. The van der Waals surface area contributed by atoms with Gasteiger partial charge in [-0.15, -0.1) is 0 Å². The molecular weight excluding hydrogens is 351 g/mol. The fraction of sp³-hybridized carbons (Fsp3) is 0.750. The summed E-state index contributed by atoms with van der Waals surface area (Å²) in [6, 6.07) is 0. The third-order valence-electron chi connectivity index (χ3n) is 4.03. The van der Waals surface area contributed by atoms with Crippen LogP contribution in [0.15, 0.2) is 22.8 Å². The summed E-state index contributed by atoms with van der Waals surface area (Å²) < 4.78 is 0. The van der Waals surface area contributed by atoms with Crippen LogP contribution in [0.5, 0.6) is 0 Å². The van der Waals surface area contributed by atoms with E-state index in [1.54, 1.807) is 16.7 Å². The maximum absolute atomic E-state index is 2.50. The van der Waals surface area contributed by atoms with Gasteiger partial charge in [0.05, 0.1) is 0 Å². The van der Waals surface area contributed by atoms with Gasteiger partial charge in [-0.3, -0.25) is 0 Å². The number of rotatable bonds is 5. The quantitative estimate of drug-likeness (QED) is 0.378. The first-order valence-electron chi connectivity index (χ1n) is 7.05. The Balaban J connectivity index is 2.96. The Kier molecular flexibility index (Phi) is 6.80. The van der Waals surface area contributed by atoms with Gasteiger partial charge in [-0.25, -0.2) is 0 Å². The van der Waals surface area contributed by atoms with E-state index in [9.17, 15) is 0 Å². The van der Waals surface area contributed by atoms with Crippen LogP contribution in [0.25, 0.3) is 0 Å². The molecule has 0 saturated carbocycles. The highest BCUT2D eigenvalue weighted by molar-refractivity contribution is 14.2. The lowest BCUT2D eigenvalue weighted by atomic mass is 9.71. The minimum atomic E-state index is 0.400. The van der Waals surface area contributed by atoms with Crippen molar-refractivity contribution in [2.75, 3.05) is 0 Å². The number of hydrogen-bond donors (Lipinski definition) is 0. The van der Waals surface area contributed by atoms with Crippen molar-refractivity contribution < 1.29 is 0 Å². The Morgan fingerprint density at radius 1 is 1.50 bits per heavy atom. The van der Waals surface area contributed by atoms with Crippen molar-refractivity contribution in [1.82, 2.24) is 0 Å². The van der Waals surface area contributed by atoms with E-state index >= 15 is 0 Å². The van der Waals surface area contributed by atoms with Crippen molar-refractivity contribution in [2.24, 2.45) is 5.41 Å². The van der Waals surface area contributed by atoms with Gasteiger partial charge in [0.25, 0.3) is 0 Å². The molecule has 0 saturated heterocycles. The summed E-state index contributed by atoms with van der Waals surface area (Å²) >= 11 is 2.50. The van der Waals surface area contributed by atoms with Gasteiger partial charge in [0.1, 0.15) is 0 Å². The van der Waals surface area contributed by atoms with Crippen LogP contribution in [0.4, 0.5) is 0 Å². The summed E-state index contributed by atoms with van der Waals surface area (Å²) in [5.74, 6) is 0. The van der Waals surface area contributed by atoms with Crippen LogP contribution in [0, 0.1) is 5.41 Å². The van der Waals surface area contributed by atoms with Crippen LogP contribution in [0.1, 0.15) is 66.7 Å². The predicted molar refractivity (Wildman–Crippen MR) is 94.4 cm³/mol. The summed E-state index contributed by atoms with van der Waals surface area (Å²) in [6.45, 7) is 11.7. The molecule has 0 fully saturated rings. The fourth-order valence-electron chi connectivity index (χ4n) is 3.26. The lowest BCUT2D eigenvalue weighted by Crippen LogP contribution is -2.27. The van der Waals surface area contributed by atoms with Gasteiger partial charge in [-0.05, 0) is 72.6 Å². The Hall–Kier alpha value is 0.560. The molecule has 2 heteroatoms. The van der Waals surface area contributed by atoms with E-state index in [4.69, 9.17) is 0 Å². The van der Waals surface area contributed by atoms with E-state index in [-0.39, 0.29) is 0 Å². The average molecular weight is 378 g/mol. The molecule has 0 aliphatic heterocycles. The van der Waals surface area contributed by atoms with E-state index in [1.165, 1.54) is 25.7 Å². The van der Waals surface area contributed by atoms with Crippen LogP contribution in [0.3, 0.4) is 0 Å². The van der Waals surface area contributed by atoms with E-state index in [1.807, 2.05) is 8.93 Å². The molecule has 0 amide bonds. The Morgan fingerprint density at radius 2 is 2.17 bits per heavy atom. The standard InChI is InChI=1S/C16H27IS/c1-6-8-12(2)11-14(18-17)15-13(3)9-7-10-16(15,4)5/h8,14H,6-7,9-11H2,1-5H3/b12-8+. The average Bonchev–Trinajstić information content (AvgIpc) is 2.26. The van der Waals surface area contributed by atoms with E-state index in [0.717, 1.165) is 6.42 Å². The highest BCUT2D eigenvalue weighted by atomic mass is 127. The van der Waals surface area contributed by atoms with Crippen molar-refractivity contribution >= 4 is 30.1 Å². The molecule has 1 aliphatic rings. The normalized spacial score (nSPS) is 22.2. The molecule has 0 aromatic heterocycles. The van der Waals surface area contributed by atoms with E-state index in [0.29, 0.717) is 10.7 Å². The van der Waals surface area contributed by atoms with Gasteiger partial charge in [0.15, 0.2) is 0 Å². The molecule has 1 rings (SSSR count). The first-order chi connectivity index (χ1) is 8.42. The van der Waals surface area contributed by atoms with E-state index in [2.05, 4.69) is 61.9 Å². The number of hydrogen-bond acceptors (Lipinski definition) is 1. The minimum absolute atomic E-state index is 0.400. The molecule has 1 unspecified atom stereocenters. The second kappa shape index (κ2) is 7.37. The van der Waals surface area contributed by atoms with Crippen molar-refractivity contribution in [3.63, 3.8) is 0 Å². The van der Waals surface area contributed by atoms with Gasteiger partial charge < -0.3 is 0 Å². The number of halogens is 1. The largest absolute Gasteiger partial charge is 0.0858 e. The Labute approximate surface area is 130 Å². The van der Waals surface area contributed by atoms with Gasteiger partial charge in [-0.1, -0.05) is 52.5 Å². The van der Waals surface area contributed by atoms with Crippen LogP contribution in [-0.4, -0.2) is 5.25 Å². The second-order valence-corrected chi connectivity index (χ2v) is 8.44. The first-order valence-corrected chi connectivity index (χ1v) is 10.5. The van der Waals surface area contributed by atoms with Crippen LogP contribution >= 0.6 is 30.1 Å². The molecule has 0 radical (unpaired) electrons. The van der Waals surface area contributed by atoms with E-state index < -0.39 is 0 Å². The van der Waals surface area contributed by atoms with Gasteiger partial charge in [-0.2, -0.15) is 0 Å². The molecule has 18 heavy (non-hydrogen) atoms. The topological polar surface area (TPSA) is 0 Å². The molecule has 0 heterocycles. The van der Waals surface area contributed by atoms with Crippen molar-refractivity contribution in [3.05, 3.63) is 22.8 Å². The zero-order valence-electron chi connectivity index (χ0n) is 12.5. The third-order valence-corrected chi connectivity index (χ3v) is 6.49. The maximum Gasteiger partial charge on any atom is 0.0401 e. The summed E-state index contributed by atoms with van der Waals surface area (Å²) in [5, 5.41) is 0.670. The van der Waals surface area contributed by atoms with Crippen LogP contribution < -0.4 is 0 Å². The van der Waals surface area contributed by atoms with Crippen molar-refractivity contribution in [2.45, 2.75) is 72.0 Å². The first kappa shape index (κ1) is 16.6. The molecular formula is C16H27IS. The highest BCUT2D eigenvalue weighted by Gasteiger charge is 2.33. The fourth-order valence-corrected chi connectivity index (χ4v) is 5.49. The molecule has 104 valence electrons. The van der Waals surface area contributed by atoms with Crippen molar-refractivity contribution in [1.29, 1.82) is 0 Å². The molecule has 1 atom stereocenters. The predicted octanol–water partition coefficient (Wildman–Crippen LogP) is 6.71. The smallest absolute Gasteiger partial charge is 0.0401 e. The zero-order chi connectivity index (χ0) is 13.8. The Morgan fingerprint density at radius 3 is 2.67 bits per heavy atom. The molecule has 0 N–H and O–H groups in total. The van der Waals surface area contributed by atoms with Gasteiger partial charge >= 0.3 is 0 Å². The molecule has 0 aromatic rings. The van der Waals surface area contributed by atoms with Crippen LogP contribution in [-0.2, 0) is 0 Å². The lowest BCUT2D eigenvalue weighted by Gasteiger charge is -2.38. The van der Waals surface area contributed by atoms with Gasteiger partial charge in [0, 0.05) is 5.25 Å². The molecule has 0 spiro atoms. The maximum atomic E-state index is 2.50. The van der Waals surface area contributed by atoms with Gasteiger partial charge in [0.2, 0.25) is 0 Å². The molecule has 0 aromatic carbocycles. The minimum Gasteiger partial charge on any atom is -0.0858 e. The lowest BCUT2D eigenvalue weighted by molar-refractivity contribution is 0.357. The summed E-state index contributed by atoms with van der Waals surface area (Å²) in [7, 11) is 2.01. The molecule has 0 nitrogen and oxygen atoms in total. The summed E-state index contributed by atoms with van der Waals surface area (Å²) in [4.78, 5) is 0. The zero-order valence-corrected chi connectivity index (χ0v) is 15.5. The summed E-state index contributed by atoms with van der Waals surface area (Å²) in [6.07, 6.45) is 8.78. The van der Waals surface area contributed by atoms with Crippen LogP contribution in [0.2, 0.25) is 0 Å². The molecule has 0 bridgehead atoms. The van der Waals surface area contributed by atoms with Crippen molar-refractivity contribution in [3.8, 4) is 0 Å². The Bertz CT molecular complexity index is 339. The second-order valence-electron chi connectivity index (χ2n) is 6.17. The third kappa shape index (κ3) is 4.29. The SMILES string of the molecule is CC/C=C(\C)CC(SI)C1=C(C)CCCC1(C)C. The monoisotopic (exact) mass is 378 g/mol. The number of allylic oxidation sites excluding steroid dienone is 3. The summed E-state index contributed by atoms with van der Waals surface area (Å²) in [5.41, 5.74) is 5.34.